The largest absolute Gasteiger partial charge is 1.00 e. The number of unbranched alkanes of at least 4 members (excludes halogenated alkanes) is 11. The molecule has 0 spiro atoms. The molecule has 232 valence electrons. The van der Waals surface area contributed by atoms with Gasteiger partial charge in [-0.15, -0.1) is 0 Å². The van der Waals surface area contributed by atoms with Crippen LogP contribution in [0.4, 0.5) is 5.69 Å². The van der Waals surface area contributed by atoms with Crippen LogP contribution in [0.1, 0.15) is 116 Å². The van der Waals surface area contributed by atoms with Gasteiger partial charge in [0.05, 0.1) is 29.7 Å². The summed E-state index contributed by atoms with van der Waals surface area (Å²) in [6.07, 6.45) is 18.2. The van der Waals surface area contributed by atoms with Crippen LogP contribution in [0.3, 0.4) is 0 Å². The van der Waals surface area contributed by atoms with Gasteiger partial charge in [0.15, 0.2) is 6.20 Å². The van der Waals surface area contributed by atoms with Crippen LogP contribution in [0.5, 0.6) is 5.75 Å². The van der Waals surface area contributed by atoms with E-state index < -0.39 is 0 Å². The van der Waals surface area contributed by atoms with E-state index in [-0.39, 0.29) is 30.2 Å². The maximum atomic E-state index is 13.3. The summed E-state index contributed by atoms with van der Waals surface area (Å²) in [7, 11) is 2.03. The van der Waals surface area contributed by atoms with Crippen molar-refractivity contribution in [3.05, 3.63) is 65.2 Å². The van der Waals surface area contributed by atoms with Crippen LogP contribution < -0.4 is 27.0 Å². The number of nitrogens with one attached hydrogen (secondary N) is 1. The topological polar surface area (TPSA) is 42.2 Å². The van der Waals surface area contributed by atoms with Gasteiger partial charge in [-0.2, -0.15) is 4.57 Å². The molecule has 0 aliphatic carbocycles. The lowest BCUT2D eigenvalue weighted by Gasteiger charge is -2.25. The highest BCUT2D eigenvalue weighted by molar-refractivity contribution is 7.12. The van der Waals surface area contributed by atoms with Crippen LogP contribution >= 0.6 is 11.3 Å². The Morgan fingerprint density at radius 1 is 0.857 bits per heavy atom. The molecule has 1 heterocycles. The lowest BCUT2D eigenvalue weighted by atomic mass is 9.84. The number of amides is 1. The molecular weight excluding hydrogens is 560 g/mol. The van der Waals surface area contributed by atoms with Gasteiger partial charge in [-0.05, 0) is 29.5 Å². The Balaban J connectivity index is 0.00000616. The monoisotopic (exact) mass is 612 g/mol. The molecule has 3 aromatic rings. The second-order valence-corrected chi connectivity index (χ2v) is 13.3. The Morgan fingerprint density at radius 3 is 2.07 bits per heavy atom. The molecule has 1 aromatic heterocycles. The van der Waals surface area contributed by atoms with Crippen molar-refractivity contribution < 1.29 is 26.5 Å². The van der Waals surface area contributed by atoms with Crippen LogP contribution in [0.25, 0.3) is 10.6 Å². The number of carbonyl (C=O) groups excluding carboxylic acids is 1. The summed E-state index contributed by atoms with van der Waals surface area (Å²) >= 11 is 1.67. The molecule has 2 aromatic carbocycles. The number of aromatic nitrogens is 1. The highest BCUT2D eigenvalue weighted by Gasteiger charge is 2.23. The molecule has 0 radical (unpaired) electrons. The van der Waals surface area contributed by atoms with Crippen LogP contribution in [-0.2, 0) is 23.7 Å². The van der Waals surface area contributed by atoms with Crippen molar-refractivity contribution in [1.82, 2.24) is 0 Å². The Bertz CT molecular complexity index is 1200. The zero-order chi connectivity index (χ0) is 29.5. The molecule has 0 saturated heterocycles. The number of hydrogen-bond acceptors (Lipinski definition) is 3. The van der Waals surface area contributed by atoms with Gasteiger partial charge in [-0.1, -0.05) is 140 Å². The van der Waals surface area contributed by atoms with Crippen molar-refractivity contribution in [3.8, 4) is 16.3 Å². The summed E-state index contributed by atoms with van der Waals surface area (Å²) in [4.78, 5) is 13.3. The molecule has 0 aliphatic rings. The third-order valence-corrected chi connectivity index (χ3v) is 8.70. The zero-order valence-corrected chi connectivity index (χ0v) is 28.2. The van der Waals surface area contributed by atoms with Crippen molar-refractivity contribution in [2.45, 2.75) is 117 Å². The predicted octanol–water partition coefficient (Wildman–Crippen LogP) is 6.80. The SMILES string of the molecule is CCCCCCCCCCCCCCOc1c(CC(=O)Nc2ccccc2-c2scc[n+]2C)cccc1C(C)(C)C.[Cl-]. The van der Waals surface area contributed by atoms with Gasteiger partial charge in [-0.25, -0.2) is 0 Å². The molecule has 0 saturated carbocycles. The van der Waals surface area contributed by atoms with Crippen LogP contribution in [0, 0.1) is 0 Å². The normalized spacial score (nSPS) is 11.3. The number of para-hydroxylation sites is 2. The molecule has 0 fully saturated rings. The van der Waals surface area contributed by atoms with Gasteiger partial charge in [0, 0.05) is 5.56 Å². The predicted molar refractivity (Wildman–Crippen MR) is 175 cm³/mol. The van der Waals surface area contributed by atoms with E-state index in [1.807, 2.05) is 37.5 Å². The second-order valence-electron chi connectivity index (χ2n) is 12.4. The van der Waals surface area contributed by atoms with E-state index in [1.54, 1.807) is 11.3 Å². The Hall–Kier alpha value is -2.37. The molecule has 0 bridgehead atoms. The Morgan fingerprint density at radius 2 is 1.48 bits per heavy atom. The average molecular weight is 613 g/mol. The summed E-state index contributed by atoms with van der Waals surface area (Å²) in [5.41, 5.74) is 3.91. The summed E-state index contributed by atoms with van der Waals surface area (Å²) in [5.74, 6) is 0.856. The van der Waals surface area contributed by atoms with E-state index in [0.717, 1.165) is 39.6 Å². The van der Waals surface area contributed by atoms with Crippen LogP contribution in [-0.4, -0.2) is 12.5 Å². The molecule has 6 heteroatoms. The van der Waals surface area contributed by atoms with Crippen molar-refractivity contribution in [3.63, 3.8) is 0 Å². The minimum absolute atomic E-state index is 0. The third-order valence-electron chi connectivity index (χ3n) is 7.72. The van der Waals surface area contributed by atoms with Gasteiger partial charge in [0.25, 0.3) is 5.01 Å². The summed E-state index contributed by atoms with van der Waals surface area (Å²) < 4.78 is 8.54. The molecule has 4 nitrogen and oxygen atoms in total. The number of halogens is 1. The number of aryl methyl sites for hydroxylation is 1. The maximum Gasteiger partial charge on any atom is 0.270 e. The fraction of sp³-hybridized carbons (Fsp3) is 0.556. The number of nitrogens with zero attached hydrogens (tertiary/aromatic N) is 1. The van der Waals surface area contributed by atoms with Crippen molar-refractivity contribution in [2.75, 3.05) is 11.9 Å². The number of carbonyl (C=O) groups is 1. The van der Waals surface area contributed by atoms with Crippen molar-refractivity contribution in [2.24, 2.45) is 7.05 Å². The first-order valence-electron chi connectivity index (χ1n) is 15.9. The van der Waals surface area contributed by atoms with Gasteiger partial charge in [-0.3, -0.25) is 4.79 Å². The summed E-state index contributed by atoms with van der Waals surface area (Å²) in [6.45, 7) is 9.60. The molecule has 42 heavy (non-hydrogen) atoms. The van der Waals surface area contributed by atoms with E-state index in [9.17, 15) is 4.79 Å². The second kappa shape index (κ2) is 19.0. The molecule has 0 atom stereocenters. The lowest BCUT2D eigenvalue weighted by molar-refractivity contribution is -0.655. The Kier molecular flexibility index (Phi) is 16.2. The van der Waals surface area contributed by atoms with E-state index in [1.165, 1.54) is 70.6 Å². The number of thiazole rings is 1. The lowest BCUT2D eigenvalue weighted by Crippen LogP contribution is -3.00. The first kappa shape index (κ1) is 35.8. The van der Waals surface area contributed by atoms with Crippen molar-refractivity contribution >= 4 is 22.9 Å². The number of benzene rings is 2. The van der Waals surface area contributed by atoms with Crippen LogP contribution in [0.2, 0.25) is 0 Å². The number of hydrogen-bond donors (Lipinski definition) is 1. The molecule has 0 aliphatic heterocycles. The number of anilines is 1. The van der Waals surface area contributed by atoms with Gasteiger partial charge >= 0.3 is 0 Å². The Labute approximate surface area is 265 Å². The standard InChI is InChI=1S/C36H52N2O2S.ClH/c1-6-7-8-9-10-11-12-13-14-15-16-19-26-40-34-29(21-20-23-31(34)36(2,3)4)28-33(39)37-32-24-18-17-22-30(32)35-38(5)25-27-41-35;/h17-18,20-25,27H,6-16,19,26,28H2,1-5H3;1H. The van der Waals surface area contributed by atoms with E-state index in [2.05, 4.69) is 61.2 Å². The zero-order valence-electron chi connectivity index (χ0n) is 26.6. The van der Waals surface area contributed by atoms with Crippen molar-refractivity contribution in [1.29, 1.82) is 0 Å². The first-order chi connectivity index (χ1) is 19.8. The quantitative estimate of drug-likeness (QED) is 0.127. The fourth-order valence-corrected chi connectivity index (χ4v) is 6.24. The average Bonchev–Trinajstić information content (AvgIpc) is 3.37. The summed E-state index contributed by atoms with van der Waals surface area (Å²) in [5, 5.41) is 6.35. The highest BCUT2D eigenvalue weighted by atomic mass is 35.5. The molecular formula is C36H53ClN2O2S. The first-order valence-corrected chi connectivity index (χ1v) is 16.8. The van der Waals surface area contributed by atoms with Gasteiger partial charge in [0.1, 0.15) is 12.8 Å². The number of ether oxygens (including phenoxy) is 1. The van der Waals surface area contributed by atoms with E-state index >= 15 is 0 Å². The molecule has 0 unspecified atom stereocenters. The summed E-state index contributed by atoms with van der Waals surface area (Å²) in [6, 6.07) is 14.3. The van der Waals surface area contributed by atoms with E-state index in [0.29, 0.717) is 6.61 Å². The smallest absolute Gasteiger partial charge is 0.270 e. The molecule has 1 amide bonds. The van der Waals surface area contributed by atoms with Gasteiger partial charge < -0.3 is 22.5 Å². The maximum absolute atomic E-state index is 13.3. The minimum Gasteiger partial charge on any atom is -1.00 e. The van der Waals surface area contributed by atoms with Gasteiger partial charge in [0.2, 0.25) is 5.91 Å². The minimum atomic E-state index is -0.0706. The highest BCUT2D eigenvalue weighted by Crippen LogP contribution is 2.35. The third kappa shape index (κ3) is 11.7. The van der Waals surface area contributed by atoms with E-state index in [4.69, 9.17) is 4.74 Å². The molecule has 1 N–H and O–H groups in total. The number of rotatable bonds is 18. The fourth-order valence-electron chi connectivity index (χ4n) is 5.34. The molecule has 3 rings (SSSR count). The van der Waals surface area contributed by atoms with Crippen LogP contribution in [0.15, 0.2) is 54.0 Å².